The summed E-state index contributed by atoms with van der Waals surface area (Å²) in [7, 11) is 1.73. The van der Waals surface area contributed by atoms with Crippen molar-refractivity contribution in [1.82, 2.24) is 0 Å². The third-order valence-corrected chi connectivity index (χ3v) is 1.92. The van der Waals surface area contributed by atoms with E-state index < -0.39 is 12.3 Å². The van der Waals surface area contributed by atoms with Crippen molar-refractivity contribution in [3.05, 3.63) is 24.3 Å². The molecule has 1 aromatic carbocycles. The first-order chi connectivity index (χ1) is 6.93. The third kappa shape index (κ3) is 4.18. The number of rotatable bonds is 3. The summed E-state index contributed by atoms with van der Waals surface area (Å²) in [5.41, 5.74) is 0.821. The minimum absolute atomic E-state index is 0. The molecule has 0 saturated heterocycles. The zero-order valence-electron chi connectivity index (χ0n) is 8.84. The van der Waals surface area contributed by atoms with Crippen LogP contribution in [0.2, 0.25) is 0 Å². The molecule has 0 saturated carbocycles. The molecule has 0 aliphatic rings. The average molecular weight is 256 g/mol. The highest BCUT2D eigenvalue weighted by molar-refractivity contribution is 5.85. The summed E-state index contributed by atoms with van der Waals surface area (Å²) in [5, 5.41) is 2.86. The van der Waals surface area contributed by atoms with Crippen LogP contribution >= 0.6 is 12.4 Å². The lowest BCUT2D eigenvalue weighted by atomic mass is 10.3. The molecule has 0 aliphatic carbocycles. The number of benzene rings is 1. The van der Waals surface area contributed by atoms with Gasteiger partial charge < -0.3 is 10.1 Å². The molecule has 0 amide bonds. The minimum atomic E-state index is -4.33. The highest BCUT2D eigenvalue weighted by Gasteiger charge is 2.37. The van der Waals surface area contributed by atoms with E-state index >= 15 is 0 Å². The molecule has 92 valence electrons. The fourth-order valence-electron chi connectivity index (χ4n) is 0.971. The molecular weight excluding hydrogens is 243 g/mol. The molecule has 1 unspecified atom stereocenters. The maximum atomic E-state index is 12.1. The van der Waals surface area contributed by atoms with E-state index in [4.69, 9.17) is 4.74 Å². The number of ether oxygens (including phenoxy) is 1. The predicted molar refractivity (Wildman–Crippen MR) is 59.4 cm³/mol. The van der Waals surface area contributed by atoms with Crippen LogP contribution in [-0.4, -0.2) is 19.3 Å². The van der Waals surface area contributed by atoms with Crippen LogP contribution in [0.15, 0.2) is 24.3 Å². The van der Waals surface area contributed by atoms with E-state index in [1.54, 1.807) is 19.2 Å². The zero-order chi connectivity index (χ0) is 11.5. The van der Waals surface area contributed by atoms with Crippen molar-refractivity contribution >= 4 is 18.1 Å². The molecule has 1 rings (SSSR count). The number of hydrogen-bond donors (Lipinski definition) is 1. The maximum absolute atomic E-state index is 12.1. The molecule has 0 aliphatic heterocycles. The Kier molecular flexibility index (Phi) is 5.44. The van der Waals surface area contributed by atoms with Crippen LogP contribution in [0.4, 0.5) is 18.9 Å². The molecule has 1 N–H and O–H groups in total. The van der Waals surface area contributed by atoms with Crippen molar-refractivity contribution in [1.29, 1.82) is 0 Å². The lowest BCUT2D eigenvalue weighted by Gasteiger charge is -2.17. The third-order valence-electron chi connectivity index (χ3n) is 1.92. The van der Waals surface area contributed by atoms with Crippen molar-refractivity contribution in [3.8, 4) is 5.75 Å². The SMILES string of the molecule is CNc1ccc(OC(C)C(F)(F)F)cc1.Cl. The summed E-state index contributed by atoms with van der Waals surface area (Å²) in [5.74, 6) is 0.207. The van der Waals surface area contributed by atoms with E-state index in [1.807, 2.05) is 0 Å². The lowest BCUT2D eigenvalue weighted by Crippen LogP contribution is -2.31. The molecule has 16 heavy (non-hydrogen) atoms. The molecule has 0 bridgehead atoms. The largest absolute Gasteiger partial charge is 0.481 e. The Morgan fingerprint density at radius 1 is 1.19 bits per heavy atom. The Morgan fingerprint density at radius 2 is 1.69 bits per heavy atom. The molecule has 2 nitrogen and oxygen atoms in total. The molecule has 0 fully saturated rings. The molecule has 0 spiro atoms. The molecule has 1 atom stereocenters. The van der Waals surface area contributed by atoms with Crippen molar-refractivity contribution < 1.29 is 17.9 Å². The van der Waals surface area contributed by atoms with Crippen LogP contribution in [0.1, 0.15) is 6.92 Å². The minimum Gasteiger partial charge on any atom is -0.481 e. The fraction of sp³-hybridized carbons (Fsp3) is 0.400. The van der Waals surface area contributed by atoms with Crippen LogP contribution in [0.3, 0.4) is 0 Å². The summed E-state index contributed by atoms with van der Waals surface area (Å²) < 4.78 is 41.2. The van der Waals surface area contributed by atoms with E-state index in [2.05, 4.69) is 5.32 Å². The standard InChI is InChI=1S/C10H12F3NO.ClH/c1-7(10(11,12)13)15-9-5-3-8(14-2)4-6-9;/h3-7,14H,1-2H3;1H. The van der Waals surface area contributed by atoms with Gasteiger partial charge in [0, 0.05) is 12.7 Å². The lowest BCUT2D eigenvalue weighted by molar-refractivity contribution is -0.189. The smallest absolute Gasteiger partial charge is 0.425 e. The number of anilines is 1. The van der Waals surface area contributed by atoms with Gasteiger partial charge in [0.2, 0.25) is 0 Å². The van der Waals surface area contributed by atoms with E-state index in [0.29, 0.717) is 0 Å². The molecule has 6 heteroatoms. The first-order valence-corrected chi connectivity index (χ1v) is 4.44. The Hall–Kier alpha value is -1.10. The van der Waals surface area contributed by atoms with Gasteiger partial charge in [0.05, 0.1) is 0 Å². The molecular formula is C10H13ClF3NO. The second-order valence-electron chi connectivity index (χ2n) is 3.08. The Labute approximate surface area is 98.2 Å². The highest BCUT2D eigenvalue weighted by Crippen LogP contribution is 2.25. The van der Waals surface area contributed by atoms with E-state index in [-0.39, 0.29) is 18.2 Å². The first kappa shape index (κ1) is 14.9. The molecule has 0 radical (unpaired) electrons. The van der Waals surface area contributed by atoms with E-state index in [1.165, 1.54) is 12.1 Å². The summed E-state index contributed by atoms with van der Waals surface area (Å²) in [4.78, 5) is 0. The second kappa shape index (κ2) is 5.84. The number of hydrogen-bond acceptors (Lipinski definition) is 2. The molecule has 1 aromatic rings. The van der Waals surface area contributed by atoms with Gasteiger partial charge in [-0.3, -0.25) is 0 Å². The van der Waals surface area contributed by atoms with Gasteiger partial charge in [-0.2, -0.15) is 13.2 Å². The Balaban J connectivity index is 0.00000225. The van der Waals surface area contributed by atoms with Crippen molar-refractivity contribution in [2.75, 3.05) is 12.4 Å². The van der Waals surface area contributed by atoms with Gasteiger partial charge in [-0.1, -0.05) is 0 Å². The predicted octanol–water partition coefficient (Wildman–Crippen LogP) is 3.48. The van der Waals surface area contributed by atoms with E-state index in [9.17, 15) is 13.2 Å². The van der Waals surface area contributed by atoms with Gasteiger partial charge in [-0.25, -0.2) is 0 Å². The Morgan fingerprint density at radius 3 is 2.06 bits per heavy atom. The van der Waals surface area contributed by atoms with Gasteiger partial charge in [0.15, 0.2) is 6.10 Å². The summed E-state index contributed by atoms with van der Waals surface area (Å²) in [6, 6.07) is 6.29. The van der Waals surface area contributed by atoms with E-state index in [0.717, 1.165) is 12.6 Å². The quantitative estimate of drug-likeness (QED) is 0.893. The number of halogens is 4. The number of alkyl halides is 3. The topological polar surface area (TPSA) is 21.3 Å². The van der Waals surface area contributed by atoms with Gasteiger partial charge >= 0.3 is 6.18 Å². The van der Waals surface area contributed by atoms with Crippen molar-refractivity contribution in [2.24, 2.45) is 0 Å². The summed E-state index contributed by atoms with van der Waals surface area (Å²) in [6.45, 7) is 0.978. The van der Waals surface area contributed by atoms with Gasteiger partial charge in [0.1, 0.15) is 5.75 Å². The van der Waals surface area contributed by atoms with Crippen molar-refractivity contribution in [2.45, 2.75) is 19.2 Å². The Bertz CT molecular complexity index is 313. The van der Waals surface area contributed by atoms with Crippen LogP contribution < -0.4 is 10.1 Å². The van der Waals surface area contributed by atoms with Gasteiger partial charge in [0.25, 0.3) is 0 Å². The number of nitrogens with one attached hydrogen (secondary N) is 1. The normalized spacial score (nSPS) is 12.6. The summed E-state index contributed by atoms with van der Waals surface area (Å²) in [6.07, 6.45) is -6.13. The maximum Gasteiger partial charge on any atom is 0.425 e. The average Bonchev–Trinajstić information content (AvgIpc) is 2.17. The highest BCUT2D eigenvalue weighted by atomic mass is 35.5. The zero-order valence-corrected chi connectivity index (χ0v) is 9.65. The second-order valence-corrected chi connectivity index (χ2v) is 3.08. The molecule has 0 aromatic heterocycles. The van der Waals surface area contributed by atoms with Crippen LogP contribution in [0.25, 0.3) is 0 Å². The van der Waals surface area contributed by atoms with Gasteiger partial charge in [-0.05, 0) is 31.2 Å². The summed E-state index contributed by atoms with van der Waals surface area (Å²) >= 11 is 0. The van der Waals surface area contributed by atoms with Crippen LogP contribution in [-0.2, 0) is 0 Å². The van der Waals surface area contributed by atoms with Crippen LogP contribution in [0, 0.1) is 0 Å². The van der Waals surface area contributed by atoms with Crippen LogP contribution in [0.5, 0.6) is 5.75 Å². The van der Waals surface area contributed by atoms with Gasteiger partial charge in [-0.15, -0.1) is 12.4 Å². The monoisotopic (exact) mass is 255 g/mol. The fourth-order valence-corrected chi connectivity index (χ4v) is 0.971. The first-order valence-electron chi connectivity index (χ1n) is 4.44. The molecule has 0 heterocycles. The van der Waals surface area contributed by atoms with Crippen molar-refractivity contribution in [3.63, 3.8) is 0 Å².